The number of hydrogen-bond donors (Lipinski definition) is 1. The molecule has 0 fully saturated rings. The summed E-state index contributed by atoms with van der Waals surface area (Å²) in [6.07, 6.45) is 8.52. The van der Waals surface area contributed by atoms with E-state index in [2.05, 4.69) is 33.2 Å². The van der Waals surface area contributed by atoms with Crippen molar-refractivity contribution in [2.24, 2.45) is 0 Å². The fraction of sp³-hybridized carbons (Fsp3) is 0.100. The molecule has 0 radical (unpaired) electrons. The Morgan fingerprint density at radius 2 is 1.92 bits per heavy atom. The molecule has 3 aromatic heterocycles. The number of nitrogens with one attached hydrogen (secondary N) is 1. The highest BCUT2D eigenvalue weighted by atomic mass is 35.5. The Balaban J connectivity index is 1.83. The molecule has 0 bridgehead atoms. The number of hydrogen-bond acceptors (Lipinski definition) is 2. The van der Waals surface area contributed by atoms with Crippen LogP contribution in [0.1, 0.15) is 22.6 Å². The van der Waals surface area contributed by atoms with Crippen LogP contribution >= 0.6 is 11.6 Å². The number of benzene rings is 1. The zero-order chi connectivity index (χ0) is 16.1. The Labute approximate surface area is 144 Å². The van der Waals surface area contributed by atoms with Gasteiger partial charge < -0.3 is 4.98 Å². The third kappa shape index (κ3) is 1.98. The molecule has 0 aliphatic heterocycles. The molecular weight excluding hydrogens is 318 g/mol. The molecule has 1 aliphatic rings. The molecule has 0 saturated heterocycles. The molecule has 24 heavy (non-hydrogen) atoms. The van der Waals surface area contributed by atoms with E-state index >= 15 is 0 Å². The first kappa shape index (κ1) is 13.8. The number of H-pyrrole nitrogens is 1. The monoisotopic (exact) mass is 331 g/mol. The van der Waals surface area contributed by atoms with Gasteiger partial charge >= 0.3 is 0 Å². The average Bonchev–Trinajstić information content (AvgIpc) is 3.01. The lowest BCUT2D eigenvalue weighted by Gasteiger charge is -2.25. The zero-order valence-electron chi connectivity index (χ0n) is 12.8. The van der Waals surface area contributed by atoms with Crippen LogP contribution in [0.5, 0.6) is 0 Å². The van der Waals surface area contributed by atoms with Crippen LogP contribution in [0.25, 0.3) is 22.2 Å². The van der Waals surface area contributed by atoms with Crippen LogP contribution in [0.3, 0.4) is 0 Å². The van der Waals surface area contributed by atoms with Crippen LogP contribution in [-0.2, 0) is 6.42 Å². The minimum atomic E-state index is 0.244. The highest BCUT2D eigenvalue weighted by Gasteiger charge is 2.29. The third-order valence-electron chi connectivity index (χ3n) is 4.84. The van der Waals surface area contributed by atoms with Gasteiger partial charge in [0.15, 0.2) is 0 Å². The molecule has 3 heterocycles. The summed E-state index contributed by atoms with van der Waals surface area (Å²) in [4.78, 5) is 12.2. The quantitative estimate of drug-likeness (QED) is 0.535. The lowest BCUT2D eigenvalue weighted by molar-refractivity contribution is 0.795. The topological polar surface area (TPSA) is 41.6 Å². The molecule has 1 unspecified atom stereocenters. The largest absolute Gasteiger partial charge is 0.354 e. The maximum Gasteiger partial charge on any atom is 0.0508 e. The Morgan fingerprint density at radius 3 is 2.83 bits per heavy atom. The molecule has 116 valence electrons. The third-order valence-corrected chi connectivity index (χ3v) is 5.07. The van der Waals surface area contributed by atoms with E-state index in [9.17, 15) is 0 Å². The van der Waals surface area contributed by atoms with Gasteiger partial charge in [-0.3, -0.25) is 9.97 Å². The molecule has 1 atom stereocenters. The second-order valence-electron chi connectivity index (χ2n) is 6.18. The lowest BCUT2D eigenvalue weighted by atomic mass is 9.78. The highest BCUT2D eigenvalue weighted by Crippen LogP contribution is 2.45. The van der Waals surface area contributed by atoms with Crippen LogP contribution in [0.15, 0.2) is 61.2 Å². The maximum atomic E-state index is 6.25. The number of aromatic amines is 1. The lowest BCUT2D eigenvalue weighted by Crippen LogP contribution is -2.12. The zero-order valence-corrected chi connectivity index (χ0v) is 13.6. The van der Waals surface area contributed by atoms with E-state index in [0.29, 0.717) is 0 Å². The van der Waals surface area contributed by atoms with Gasteiger partial charge in [-0.1, -0.05) is 23.7 Å². The van der Waals surface area contributed by atoms with Crippen molar-refractivity contribution in [3.63, 3.8) is 0 Å². The molecule has 1 aromatic carbocycles. The van der Waals surface area contributed by atoms with E-state index in [1.54, 1.807) is 0 Å². The summed E-state index contributed by atoms with van der Waals surface area (Å²) in [6.45, 7) is 0. The predicted molar refractivity (Wildman–Crippen MR) is 96.3 cm³/mol. The summed E-state index contributed by atoms with van der Waals surface area (Å²) in [6, 6.07) is 12.3. The van der Waals surface area contributed by atoms with Crippen molar-refractivity contribution in [1.82, 2.24) is 15.0 Å². The van der Waals surface area contributed by atoms with Gasteiger partial charge in [-0.15, -0.1) is 0 Å². The molecule has 0 spiro atoms. The fourth-order valence-electron chi connectivity index (χ4n) is 3.79. The molecule has 1 N–H and O–H groups in total. The molecule has 5 rings (SSSR count). The first-order valence-electron chi connectivity index (χ1n) is 7.95. The first-order chi connectivity index (χ1) is 11.8. The minimum absolute atomic E-state index is 0.244. The summed E-state index contributed by atoms with van der Waals surface area (Å²) in [5.74, 6) is 0.244. The van der Waals surface area contributed by atoms with E-state index in [1.807, 2.05) is 43.0 Å². The number of halogens is 1. The Bertz CT molecular complexity index is 1070. The Morgan fingerprint density at radius 1 is 1.04 bits per heavy atom. The van der Waals surface area contributed by atoms with Gasteiger partial charge in [-0.25, -0.2) is 0 Å². The van der Waals surface area contributed by atoms with E-state index in [-0.39, 0.29) is 5.92 Å². The normalized spacial score (nSPS) is 16.0. The van der Waals surface area contributed by atoms with Gasteiger partial charge in [0.2, 0.25) is 0 Å². The highest BCUT2D eigenvalue weighted by molar-refractivity contribution is 6.30. The van der Waals surface area contributed by atoms with Crippen molar-refractivity contribution in [2.45, 2.75) is 12.3 Å². The van der Waals surface area contributed by atoms with E-state index in [1.165, 1.54) is 33.3 Å². The summed E-state index contributed by atoms with van der Waals surface area (Å²) < 4.78 is 0. The van der Waals surface area contributed by atoms with Gasteiger partial charge in [0.1, 0.15) is 0 Å². The van der Waals surface area contributed by atoms with Gasteiger partial charge in [-0.05, 0) is 47.4 Å². The van der Waals surface area contributed by atoms with Crippen molar-refractivity contribution in [3.05, 3.63) is 82.9 Å². The molecule has 0 amide bonds. The molecule has 0 saturated carbocycles. The number of nitrogens with zero attached hydrogens (tertiary/aromatic N) is 2. The van der Waals surface area contributed by atoms with Gasteiger partial charge in [0.05, 0.1) is 5.69 Å². The maximum absolute atomic E-state index is 6.25. The molecule has 3 nitrogen and oxygen atoms in total. The second-order valence-corrected chi connectivity index (χ2v) is 6.62. The number of aromatic nitrogens is 3. The predicted octanol–water partition coefficient (Wildman–Crippen LogP) is 4.97. The summed E-state index contributed by atoms with van der Waals surface area (Å²) in [7, 11) is 0. The van der Waals surface area contributed by atoms with Crippen molar-refractivity contribution in [3.8, 4) is 11.3 Å². The van der Waals surface area contributed by atoms with Crippen LogP contribution in [-0.4, -0.2) is 15.0 Å². The fourth-order valence-corrected chi connectivity index (χ4v) is 3.99. The average molecular weight is 332 g/mol. The van der Waals surface area contributed by atoms with Crippen molar-refractivity contribution >= 4 is 22.5 Å². The summed E-state index contributed by atoms with van der Waals surface area (Å²) in [5, 5.41) is 1.95. The molecule has 1 aliphatic carbocycles. The van der Waals surface area contributed by atoms with Gasteiger partial charge in [0.25, 0.3) is 0 Å². The van der Waals surface area contributed by atoms with Gasteiger partial charge in [0, 0.05) is 52.2 Å². The smallest absolute Gasteiger partial charge is 0.0508 e. The first-order valence-corrected chi connectivity index (χ1v) is 8.33. The van der Waals surface area contributed by atoms with Crippen LogP contribution in [0, 0.1) is 0 Å². The SMILES string of the molecule is Clc1cccc(C2Cc3cnccc3-c3[nH]c4ccncc4c32)c1. The van der Waals surface area contributed by atoms with Crippen molar-refractivity contribution in [2.75, 3.05) is 0 Å². The van der Waals surface area contributed by atoms with Gasteiger partial charge in [-0.2, -0.15) is 0 Å². The molecule has 4 aromatic rings. The second kappa shape index (κ2) is 5.18. The van der Waals surface area contributed by atoms with Crippen molar-refractivity contribution in [1.29, 1.82) is 0 Å². The summed E-state index contributed by atoms with van der Waals surface area (Å²) in [5.41, 5.74) is 7.31. The van der Waals surface area contributed by atoms with E-state index in [0.717, 1.165) is 17.0 Å². The number of fused-ring (bicyclic) bond motifs is 5. The Kier molecular flexibility index (Phi) is 2.97. The van der Waals surface area contributed by atoms with Crippen LogP contribution in [0.2, 0.25) is 5.02 Å². The standard InChI is InChI=1S/C20H14ClN3/c21-14-3-1-2-12(8-14)16-9-13-10-22-6-4-15(13)20-19(16)17-11-23-7-5-18(17)24-20/h1-8,10-11,16,24H,9H2. The number of rotatable bonds is 1. The van der Waals surface area contributed by atoms with E-state index in [4.69, 9.17) is 11.6 Å². The van der Waals surface area contributed by atoms with Crippen LogP contribution < -0.4 is 0 Å². The van der Waals surface area contributed by atoms with Crippen LogP contribution in [0.4, 0.5) is 0 Å². The molecule has 4 heteroatoms. The Hall–Kier alpha value is -2.65. The van der Waals surface area contributed by atoms with Crippen molar-refractivity contribution < 1.29 is 0 Å². The van der Waals surface area contributed by atoms with E-state index < -0.39 is 0 Å². The minimum Gasteiger partial charge on any atom is -0.354 e. The number of pyridine rings is 2. The molecular formula is C20H14ClN3. The summed E-state index contributed by atoms with van der Waals surface area (Å²) >= 11 is 6.25.